The van der Waals surface area contributed by atoms with E-state index in [1.807, 2.05) is 18.2 Å². The Kier molecular flexibility index (Phi) is 6.18. The number of sulfone groups is 1. The van der Waals surface area contributed by atoms with Gasteiger partial charge in [-0.15, -0.1) is 0 Å². The first-order valence-corrected chi connectivity index (χ1v) is 11.9. The molecule has 32 heavy (non-hydrogen) atoms. The summed E-state index contributed by atoms with van der Waals surface area (Å²) >= 11 is 0. The summed E-state index contributed by atoms with van der Waals surface area (Å²) in [6, 6.07) is 25.0. The average molecular weight is 445 g/mol. The molecule has 0 unspecified atom stereocenters. The number of aromatic nitrogens is 2. The SMILES string of the molecule is CCS(=O)(=O)c1cccc(Nc2cc(Nc3cc(C)cc(-c4ccccc4)c3)ncn2)c1. The minimum absolute atomic E-state index is 0.0551. The molecule has 0 fully saturated rings. The van der Waals surface area contributed by atoms with Gasteiger partial charge in [-0.25, -0.2) is 18.4 Å². The van der Waals surface area contributed by atoms with Crippen LogP contribution >= 0.6 is 0 Å². The topological polar surface area (TPSA) is 84.0 Å². The summed E-state index contributed by atoms with van der Waals surface area (Å²) in [5, 5.41) is 6.50. The van der Waals surface area contributed by atoms with Crippen LogP contribution < -0.4 is 10.6 Å². The van der Waals surface area contributed by atoms with Crippen LogP contribution in [0.2, 0.25) is 0 Å². The first-order chi connectivity index (χ1) is 15.4. The van der Waals surface area contributed by atoms with Gasteiger partial charge in [-0.3, -0.25) is 0 Å². The van der Waals surface area contributed by atoms with Crippen LogP contribution in [0.25, 0.3) is 11.1 Å². The molecule has 0 amide bonds. The predicted octanol–water partition coefficient (Wildman–Crippen LogP) is 5.73. The minimum Gasteiger partial charge on any atom is -0.340 e. The second-order valence-corrected chi connectivity index (χ2v) is 9.70. The van der Waals surface area contributed by atoms with Crippen LogP contribution in [-0.2, 0) is 9.84 Å². The third kappa shape index (κ3) is 5.12. The number of rotatable bonds is 7. The molecule has 0 aliphatic heterocycles. The molecule has 0 bridgehead atoms. The zero-order valence-corrected chi connectivity index (χ0v) is 18.7. The highest BCUT2D eigenvalue weighted by Gasteiger charge is 2.12. The highest BCUT2D eigenvalue weighted by Crippen LogP contribution is 2.27. The molecular weight excluding hydrogens is 420 g/mol. The molecule has 0 aliphatic carbocycles. The van der Waals surface area contributed by atoms with Crippen molar-refractivity contribution in [3.8, 4) is 11.1 Å². The fraction of sp³-hybridized carbons (Fsp3) is 0.120. The Morgan fingerprint density at radius 3 is 2.19 bits per heavy atom. The largest absolute Gasteiger partial charge is 0.340 e. The van der Waals surface area contributed by atoms with Gasteiger partial charge in [0.1, 0.15) is 18.0 Å². The standard InChI is InChI=1S/C25H24N4O2S/c1-3-32(30,31)23-11-7-10-21(15-23)28-24-16-25(27-17-26-24)29-22-13-18(2)12-20(14-22)19-8-5-4-6-9-19/h4-17H,3H2,1-2H3,(H2,26,27,28,29). The smallest absolute Gasteiger partial charge is 0.178 e. The maximum Gasteiger partial charge on any atom is 0.178 e. The van der Waals surface area contributed by atoms with Crippen LogP contribution in [0.1, 0.15) is 12.5 Å². The maximum absolute atomic E-state index is 12.2. The molecule has 2 N–H and O–H groups in total. The second kappa shape index (κ2) is 9.20. The number of hydrogen-bond donors (Lipinski definition) is 2. The van der Waals surface area contributed by atoms with Gasteiger partial charge < -0.3 is 10.6 Å². The molecule has 0 aliphatic rings. The van der Waals surface area contributed by atoms with Crippen molar-refractivity contribution in [3.63, 3.8) is 0 Å². The molecule has 0 saturated carbocycles. The van der Waals surface area contributed by atoms with E-state index in [0.29, 0.717) is 17.3 Å². The normalized spacial score (nSPS) is 11.2. The van der Waals surface area contributed by atoms with Crippen LogP contribution in [0.15, 0.2) is 90.1 Å². The van der Waals surface area contributed by atoms with Crippen molar-refractivity contribution in [1.29, 1.82) is 0 Å². The fourth-order valence-electron chi connectivity index (χ4n) is 3.38. The van der Waals surface area contributed by atoms with Gasteiger partial charge in [0.25, 0.3) is 0 Å². The first-order valence-electron chi connectivity index (χ1n) is 10.3. The quantitative estimate of drug-likeness (QED) is 0.379. The van der Waals surface area contributed by atoms with Crippen LogP contribution in [0.3, 0.4) is 0 Å². The van der Waals surface area contributed by atoms with Crippen LogP contribution in [-0.4, -0.2) is 24.1 Å². The Morgan fingerprint density at radius 1 is 0.750 bits per heavy atom. The number of aryl methyl sites for hydroxylation is 1. The Morgan fingerprint density at radius 2 is 1.47 bits per heavy atom. The first kappa shape index (κ1) is 21.5. The molecule has 4 aromatic rings. The second-order valence-electron chi connectivity index (χ2n) is 7.42. The van der Waals surface area contributed by atoms with Crippen LogP contribution in [0, 0.1) is 6.92 Å². The van der Waals surface area contributed by atoms with E-state index < -0.39 is 9.84 Å². The van der Waals surface area contributed by atoms with E-state index in [9.17, 15) is 8.42 Å². The van der Waals surface area contributed by atoms with Gasteiger partial charge in [0, 0.05) is 17.4 Å². The van der Waals surface area contributed by atoms with Gasteiger partial charge in [-0.05, 0) is 53.9 Å². The lowest BCUT2D eigenvalue weighted by Crippen LogP contribution is -2.04. The van der Waals surface area contributed by atoms with Crippen LogP contribution in [0.5, 0.6) is 0 Å². The summed E-state index contributed by atoms with van der Waals surface area (Å²) in [6.45, 7) is 3.69. The summed E-state index contributed by atoms with van der Waals surface area (Å²) < 4.78 is 24.3. The molecule has 1 aromatic heterocycles. The van der Waals surface area contributed by atoms with Crippen molar-refractivity contribution in [2.24, 2.45) is 0 Å². The lowest BCUT2D eigenvalue weighted by atomic mass is 10.0. The van der Waals surface area contributed by atoms with E-state index in [2.05, 4.69) is 57.9 Å². The van der Waals surface area contributed by atoms with E-state index in [1.165, 1.54) is 6.33 Å². The summed E-state index contributed by atoms with van der Waals surface area (Å²) in [7, 11) is -3.28. The highest BCUT2D eigenvalue weighted by atomic mass is 32.2. The van der Waals surface area contributed by atoms with Gasteiger partial charge in [0.15, 0.2) is 9.84 Å². The third-order valence-corrected chi connectivity index (χ3v) is 6.70. The monoisotopic (exact) mass is 444 g/mol. The lowest BCUT2D eigenvalue weighted by Gasteiger charge is -2.12. The molecule has 7 heteroatoms. The number of nitrogens with zero attached hydrogens (tertiary/aromatic N) is 2. The average Bonchev–Trinajstić information content (AvgIpc) is 2.80. The van der Waals surface area contributed by atoms with E-state index >= 15 is 0 Å². The maximum atomic E-state index is 12.2. The molecular formula is C25H24N4O2S. The molecule has 162 valence electrons. The summed E-state index contributed by atoms with van der Waals surface area (Å²) in [5.74, 6) is 1.24. The Balaban J connectivity index is 1.56. The van der Waals surface area contributed by atoms with Crippen LogP contribution in [0.4, 0.5) is 23.0 Å². The zero-order chi connectivity index (χ0) is 22.6. The lowest BCUT2D eigenvalue weighted by molar-refractivity contribution is 0.597. The fourth-order valence-corrected chi connectivity index (χ4v) is 4.30. The van der Waals surface area contributed by atoms with Crippen molar-refractivity contribution in [2.45, 2.75) is 18.7 Å². The predicted molar refractivity (Wildman–Crippen MR) is 129 cm³/mol. The van der Waals surface area contributed by atoms with Gasteiger partial charge in [0.05, 0.1) is 10.6 Å². The number of benzene rings is 3. The van der Waals surface area contributed by atoms with E-state index in [0.717, 1.165) is 22.4 Å². The van der Waals surface area contributed by atoms with E-state index in [-0.39, 0.29) is 10.6 Å². The molecule has 4 rings (SSSR count). The number of anilines is 4. The highest BCUT2D eigenvalue weighted by molar-refractivity contribution is 7.91. The molecule has 0 saturated heterocycles. The molecule has 6 nitrogen and oxygen atoms in total. The Labute approximate surface area is 188 Å². The van der Waals surface area contributed by atoms with Crippen molar-refractivity contribution in [3.05, 3.63) is 90.8 Å². The van der Waals surface area contributed by atoms with Gasteiger partial charge in [-0.2, -0.15) is 0 Å². The minimum atomic E-state index is -3.28. The molecule has 0 radical (unpaired) electrons. The molecule has 3 aromatic carbocycles. The Bertz CT molecular complexity index is 1340. The molecule has 1 heterocycles. The molecule has 0 spiro atoms. The molecule has 0 atom stereocenters. The number of nitrogens with one attached hydrogen (secondary N) is 2. The Hall–Kier alpha value is -3.71. The van der Waals surface area contributed by atoms with E-state index in [4.69, 9.17) is 0 Å². The zero-order valence-electron chi connectivity index (χ0n) is 17.9. The number of hydrogen-bond acceptors (Lipinski definition) is 6. The van der Waals surface area contributed by atoms with Crippen molar-refractivity contribution in [1.82, 2.24) is 9.97 Å². The van der Waals surface area contributed by atoms with Crippen molar-refractivity contribution in [2.75, 3.05) is 16.4 Å². The van der Waals surface area contributed by atoms with Gasteiger partial charge in [0.2, 0.25) is 0 Å². The summed E-state index contributed by atoms with van der Waals surface area (Å²) in [5.41, 5.74) is 4.96. The third-order valence-electron chi connectivity index (χ3n) is 4.97. The van der Waals surface area contributed by atoms with Crippen molar-refractivity contribution < 1.29 is 8.42 Å². The van der Waals surface area contributed by atoms with Gasteiger partial charge in [-0.1, -0.05) is 49.4 Å². The van der Waals surface area contributed by atoms with Gasteiger partial charge >= 0.3 is 0 Å². The summed E-state index contributed by atoms with van der Waals surface area (Å²) in [6.07, 6.45) is 1.46. The van der Waals surface area contributed by atoms with E-state index in [1.54, 1.807) is 37.3 Å². The summed E-state index contributed by atoms with van der Waals surface area (Å²) in [4.78, 5) is 8.86. The van der Waals surface area contributed by atoms with Crippen molar-refractivity contribution >= 4 is 32.8 Å².